The minimum absolute atomic E-state index is 0.0607. The lowest BCUT2D eigenvalue weighted by Crippen LogP contribution is -2.46. The molecule has 0 aliphatic carbocycles. The lowest BCUT2D eigenvalue weighted by atomic mass is 10.0. The Kier molecular flexibility index (Phi) is 5.37. The maximum Gasteiger partial charge on any atom is 0.244 e. The van der Waals surface area contributed by atoms with Crippen LogP contribution in [0.15, 0.2) is 11.6 Å². The lowest BCUT2D eigenvalue weighted by Gasteiger charge is -2.31. The van der Waals surface area contributed by atoms with Crippen molar-refractivity contribution in [2.75, 3.05) is 13.1 Å². The average molecular weight is 249 g/mol. The Morgan fingerprint density at radius 1 is 1.39 bits per heavy atom. The Morgan fingerprint density at radius 2 is 2.00 bits per heavy atom. The van der Waals surface area contributed by atoms with E-state index in [1.54, 1.807) is 11.0 Å². The molecule has 1 aliphatic heterocycles. The summed E-state index contributed by atoms with van der Waals surface area (Å²) in [5.41, 5.74) is 0.967. The SMILES string of the molecule is CC(C)=CC(=O)NC1CCN(C(=O)CC#N)CC1. The number of likely N-dealkylation sites (tertiary alicyclic amines) is 1. The number of nitriles is 1. The fourth-order valence-electron chi connectivity index (χ4n) is 1.96. The van der Waals surface area contributed by atoms with Gasteiger partial charge >= 0.3 is 0 Å². The van der Waals surface area contributed by atoms with E-state index in [1.807, 2.05) is 19.9 Å². The first-order chi connectivity index (χ1) is 8.52. The van der Waals surface area contributed by atoms with Crippen molar-refractivity contribution in [3.63, 3.8) is 0 Å². The van der Waals surface area contributed by atoms with Crippen molar-refractivity contribution in [2.24, 2.45) is 0 Å². The molecule has 0 saturated carbocycles. The maximum atomic E-state index is 11.5. The van der Waals surface area contributed by atoms with E-state index >= 15 is 0 Å². The number of allylic oxidation sites excluding steroid dienone is 1. The molecule has 18 heavy (non-hydrogen) atoms. The summed E-state index contributed by atoms with van der Waals surface area (Å²) >= 11 is 0. The van der Waals surface area contributed by atoms with Crippen molar-refractivity contribution in [1.29, 1.82) is 5.26 Å². The summed E-state index contributed by atoms with van der Waals surface area (Å²) in [6, 6.07) is 1.99. The molecule has 0 bridgehead atoms. The Balaban J connectivity index is 2.36. The van der Waals surface area contributed by atoms with Gasteiger partial charge in [-0.25, -0.2) is 0 Å². The number of carbonyl (C=O) groups is 2. The standard InChI is InChI=1S/C13H19N3O2/c1-10(2)9-12(17)15-11-4-7-16(8-5-11)13(18)3-6-14/h9,11H,3-5,7-8H2,1-2H3,(H,15,17). The molecule has 1 aliphatic rings. The number of rotatable bonds is 3. The fraction of sp³-hybridized carbons (Fsp3) is 0.615. The van der Waals surface area contributed by atoms with E-state index in [-0.39, 0.29) is 24.3 Å². The van der Waals surface area contributed by atoms with Gasteiger partial charge in [-0.05, 0) is 26.7 Å². The van der Waals surface area contributed by atoms with E-state index in [9.17, 15) is 9.59 Å². The van der Waals surface area contributed by atoms with Crippen LogP contribution in [0.5, 0.6) is 0 Å². The topological polar surface area (TPSA) is 73.2 Å². The molecular weight excluding hydrogens is 230 g/mol. The van der Waals surface area contributed by atoms with Crippen molar-refractivity contribution in [1.82, 2.24) is 10.2 Å². The Morgan fingerprint density at radius 3 is 2.50 bits per heavy atom. The summed E-state index contributed by atoms with van der Waals surface area (Å²) in [5.74, 6) is -0.191. The highest BCUT2D eigenvalue weighted by Gasteiger charge is 2.22. The van der Waals surface area contributed by atoms with Crippen LogP contribution >= 0.6 is 0 Å². The first kappa shape index (κ1) is 14.2. The smallest absolute Gasteiger partial charge is 0.244 e. The largest absolute Gasteiger partial charge is 0.350 e. The van der Waals surface area contributed by atoms with Gasteiger partial charge in [0.1, 0.15) is 6.42 Å². The number of nitrogens with zero attached hydrogens (tertiary/aromatic N) is 2. The second-order valence-electron chi connectivity index (χ2n) is 4.72. The van der Waals surface area contributed by atoms with Crippen LogP contribution in [-0.4, -0.2) is 35.8 Å². The van der Waals surface area contributed by atoms with Crippen molar-refractivity contribution in [2.45, 2.75) is 39.2 Å². The molecule has 98 valence electrons. The Bertz CT molecular complexity index is 384. The van der Waals surface area contributed by atoms with Crippen LogP contribution in [0.1, 0.15) is 33.1 Å². The van der Waals surface area contributed by atoms with Gasteiger partial charge < -0.3 is 10.2 Å². The molecule has 0 spiro atoms. The molecule has 0 radical (unpaired) electrons. The third-order valence-corrected chi connectivity index (χ3v) is 2.84. The first-order valence-electron chi connectivity index (χ1n) is 6.13. The van der Waals surface area contributed by atoms with Gasteiger partial charge in [-0.2, -0.15) is 5.26 Å². The molecule has 5 nitrogen and oxygen atoms in total. The summed E-state index contributed by atoms with van der Waals surface area (Å²) < 4.78 is 0. The third kappa shape index (κ3) is 4.58. The first-order valence-corrected chi connectivity index (χ1v) is 6.13. The van der Waals surface area contributed by atoms with Crippen LogP contribution in [-0.2, 0) is 9.59 Å². The zero-order valence-electron chi connectivity index (χ0n) is 10.9. The van der Waals surface area contributed by atoms with Crippen molar-refractivity contribution < 1.29 is 9.59 Å². The highest BCUT2D eigenvalue weighted by molar-refractivity contribution is 5.88. The van der Waals surface area contributed by atoms with Crippen molar-refractivity contribution in [3.8, 4) is 6.07 Å². The van der Waals surface area contributed by atoms with E-state index < -0.39 is 0 Å². The molecule has 2 amide bonds. The predicted molar refractivity (Wildman–Crippen MR) is 67.4 cm³/mol. The highest BCUT2D eigenvalue weighted by Crippen LogP contribution is 2.11. The van der Waals surface area contributed by atoms with Gasteiger partial charge in [-0.1, -0.05) is 5.57 Å². The van der Waals surface area contributed by atoms with Gasteiger partial charge in [-0.3, -0.25) is 9.59 Å². The molecule has 0 aromatic rings. The molecular formula is C13H19N3O2. The van der Waals surface area contributed by atoms with Gasteiger partial charge in [-0.15, -0.1) is 0 Å². The lowest BCUT2D eigenvalue weighted by molar-refractivity contribution is -0.131. The molecule has 1 saturated heterocycles. The summed E-state index contributed by atoms with van der Waals surface area (Å²) in [5, 5.41) is 11.4. The van der Waals surface area contributed by atoms with E-state index in [0.29, 0.717) is 13.1 Å². The van der Waals surface area contributed by atoms with Crippen LogP contribution in [0.4, 0.5) is 0 Å². The number of carbonyl (C=O) groups excluding carboxylic acids is 2. The average Bonchev–Trinajstić information content (AvgIpc) is 2.29. The van der Waals surface area contributed by atoms with Crippen LogP contribution in [0.3, 0.4) is 0 Å². The number of piperidine rings is 1. The molecule has 0 aromatic carbocycles. The van der Waals surface area contributed by atoms with Crippen LogP contribution < -0.4 is 5.32 Å². The van der Waals surface area contributed by atoms with E-state index in [0.717, 1.165) is 18.4 Å². The number of nitrogens with one attached hydrogen (secondary N) is 1. The van der Waals surface area contributed by atoms with Gasteiger partial charge in [0, 0.05) is 25.2 Å². The summed E-state index contributed by atoms with van der Waals surface area (Å²) in [4.78, 5) is 24.7. The minimum atomic E-state index is -0.119. The highest BCUT2D eigenvalue weighted by atomic mass is 16.2. The van der Waals surface area contributed by atoms with Gasteiger partial charge in [0.2, 0.25) is 11.8 Å². The van der Waals surface area contributed by atoms with E-state index in [1.165, 1.54) is 0 Å². The predicted octanol–water partition coefficient (Wildman–Crippen LogP) is 0.973. The van der Waals surface area contributed by atoms with Gasteiger partial charge in [0.15, 0.2) is 0 Å². The normalized spacial score (nSPS) is 15.7. The molecule has 1 heterocycles. The maximum absolute atomic E-state index is 11.5. The van der Waals surface area contributed by atoms with Crippen molar-refractivity contribution >= 4 is 11.8 Å². The van der Waals surface area contributed by atoms with E-state index in [4.69, 9.17) is 5.26 Å². The third-order valence-electron chi connectivity index (χ3n) is 2.84. The minimum Gasteiger partial charge on any atom is -0.350 e. The van der Waals surface area contributed by atoms with Crippen LogP contribution in [0.25, 0.3) is 0 Å². The zero-order valence-corrected chi connectivity index (χ0v) is 10.9. The molecule has 5 heteroatoms. The number of amides is 2. The molecule has 0 atom stereocenters. The van der Waals surface area contributed by atoms with Gasteiger partial charge in [0.05, 0.1) is 6.07 Å². The number of hydrogen-bond donors (Lipinski definition) is 1. The fourth-order valence-corrected chi connectivity index (χ4v) is 1.96. The zero-order chi connectivity index (χ0) is 13.5. The quantitative estimate of drug-likeness (QED) is 0.757. The molecule has 1 N–H and O–H groups in total. The monoisotopic (exact) mass is 249 g/mol. The molecule has 1 fully saturated rings. The van der Waals surface area contributed by atoms with Crippen molar-refractivity contribution in [3.05, 3.63) is 11.6 Å². The summed E-state index contributed by atoms with van der Waals surface area (Å²) in [7, 11) is 0. The van der Waals surface area contributed by atoms with Crippen LogP contribution in [0.2, 0.25) is 0 Å². The summed E-state index contributed by atoms with van der Waals surface area (Å²) in [6.07, 6.45) is 3.01. The summed E-state index contributed by atoms with van der Waals surface area (Å²) in [6.45, 7) is 4.98. The Labute approximate surface area is 107 Å². The second kappa shape index (κ2) is 6.80. The van der Waals surface area contributed by atoms with Gasteiger partial charge in [0.25, 0.3) is 0 Å². The van der Waals surface area contributed by atoms with E-state index in [2.05, 4.69) is 5.32 Å². The van der Waals surface area contributed by atoms with Crippen LogP contribution in [0, 0.1) is 11.3 Å². The molecule has 0 aromatic heterocycles. The number of hydrogen-bond acceptors (Lipinski definition) is 3. The molecule has 0 unspecified atom stereocenters. The second-order valence-corrected chi connectivity index (χ2v) is 4.72. The molecule has 1 rings (SSSR count). The Hall–Kier alpha value is -1.83.